The lowest BCUT2D eigenvalue weighted by atomic mass is 9.52. The van der Waals surface area contributed by atoms with Gasteiger partial charge in [0.1, 0.15) is 23.7 Å². The van der Waals surface area contributed by atoms with Gasteiger partial charge in [-0.15, -0.1) is 0 Å². The molecule has 7 rings (SSSR count). The Morgan fingerprint density at radius 2 is 0.938 bits per heavy atom. The molecule has 8 heteroatoms. The first kappa shape index (κ1) is 33.4. The molecule has 3 aliphatic carbocycles. The number of nitrogens with zero attached hydrogens (tertiary/aromatic N) is 2. The molecule has 2 heterocycles. The minimum atomic E-state index is -0.608. The highest BCUT2D eigenvalue weighted by Crippen LogP contribution is 2.60. The van der Waals surface area contributed by atoms with Crippen LogP contribution in [0, 0.1) is 59.2 Å². The lowest BCUT2D eigenvalue weighted by molar-refractivity contribution is -0.175. The molecule has 10 atom stereocenters. The maximum Gasteiger partial charge on any atom is 0.310 e. The topological polar surface area (TPSA) is 99.5 Å². The molecule has 0 radical (unpaired) electrons. The molecule has 2 saturated heterocycles. The number of esters is 2. The minimum Gasteiger partial charge on any atom is -0.508 e. The molecule has 0 amide bonds. The first-order valence-corrected chi connectivity index (χ1v) is 18.3. The fourth-order valence-electron chi connectivity index (χ4n) is 11.0. The van der Waals surface area contributed by atoms with Crippen molar-refractivity contribution in [1.82, 2.24) is 9.80 Å². The second kappa shape index (κ2) is 13.0. The zero-order valence-corrected chi connectivity index (χ0v) is 29.4. The molecule has 2 aromatic carbocycles. The summed E-state index contributed by atoms with van der Waals surface area (Å²) in [7, 11) is 4.35. The van der Waals surface area contributed by atoms with Gasteiger partial charge < -0.3 is 29.5 Å². The van der Waals surface area contributed by atoms with Gasteiger partial charge in [-0.3, -0.25) is 9.59 Å². The monoisotopic (exact) mass is 658 g/mol. The molecule has 5 fully saturated rings. The molecular formula is C40H54N2O6. The summed E-state index contributed by atoms with van der Waals surface area (Å²) in [6.07, 6.45) is 1.40. The number of fused-ring (bicyclic) bond motifs is 2. The van der Waals surface area contributed by atoms with Crippen LogP contribution in [0.25, 0.3) is 0 Å². The van der Waals surface area contributed by atoms with E-state index < -0.39 is 23.7 Å². The number of hydrogen-bond donors (Lipinski definition) is 2. The van der Waals surface area contributed by atoms with Gasteiger partial charge in [0.15, 0.2) is 0 Å². The number of rotatable bonds is 6. The fraction of sp³-hybridized carbons (Fsp3) is 0.650. The summed E-state index contributed by atoms with van der Waals surface area (Å²) in [6.45, 7) is 13.2. The third-order valence-corrected chi connectivity index (χ3v) is 13.5. The summed E-state index contributed by atoms with van der Waals surface area (Å²) in [5.74, 6) is 1.19. The van der Waals surface area contributed by atoms with Gasteiger partial charge in [-0.2, -0.15) is 0 Å². The number of carbonyl (C=O) groups is 2. The van der Waals surface area contributed by atoms with Crippen LogP contribution in [0.3, 0.4) is 0 Å². The SMILES string of the molecule is C[C@H]1[C@@H]2CN(C)C[C@H](C)[C@@H]2C[C@H]1OC(=O)C1C(c2ccc(O)cc2)C(C(=O)O[C@@H]2C[C@@H]3[C@@H](CN(C)C[C@@H]3C)[C@@H]2C)C1c1ccc(O)cc1. The molecule has 3 saturated carbocycles. The highest BCUT2D eigenvalue weighted by Gasteiger charge is 2.61. The molecule has 5 aliphatic rings. The maximum absolute atomic E-state index is 14.5. The third-order valence-electron chi connectivity index (χ3n) is 13.5. The number of piperidine rings is 2. The third kappa shape index (κ3) is 5.91. The summed E-state index contributed by atoms with van der Waals surface area (Å²) in [5.41, 5.74) is 1.64. The van der Waals surface area contributed by atoms with E-state index in [1.54, 1.807) is 24.3 Å². The highest BCUT2D eigenvalue weighted by molar-refractivity contribution is 5.85. The van der Waals surface area contributed by atoms with Crippen LogP contribution in [0.5, 0.6) is 11.5 Å². The largest absolute Gasteiger partial charge is 0.508 e. The number of phenolic OH excluding ortho intramolecular Hbond substituents is 2. The molecule has 260 valence electrons. The maximum atomic E-state index is 14.5. The predicted octanol–water partition coefficient (Wildman–Crippen LogP) is 5.74. The Labute approximate surface area is 285 Å². The van der Waals surface area contributed by atoms with Crippen molar-refractivity contribution in [1.29, 1.82) is 0 Å². The van der Waals surface area contributed by atoms with E-state index in [0.717, 1.165) is 50.1 Å². The van der Waals surface area contributed by atoms with Crippen LogP contribution >= 0.6 is 0 Å². The summed E-state index contributed by atoms with van der Waals surface area (Å²) in [6, 6.07) is 13.8. The van der Waals surface area contributed by atoms with E-state index >= 15 is 0 Å². The summed E-state index contributed by atoms with van der Waals surface area (Å²) >= 11 is 0. The van der Waals surface area contributed by atoms with Crippen LogP contribution < -0.4 is 0 Å². The van der Waals surface area contributed by atoms with Crippen LogP contribution in [0.4, 0.5) is 0 Å². The Balaban J connectivity index is 1.19. The van der Waals surface area contributed by atoms with Crippen molar-refractivity contribution < 1.29 is 29.3 Å². The van der Waals surface area contributed by atoms with Gasteiger partial charge in [0.05, 0.1) is 11.8 Å². The van der Waals surface area contributed by atoms with E-state index in [-0.39, 0.29) is 47.5 Å². The molecule has 48 heavy (non-hydrogen) atoms. The number of benzene rings is 2. The first-order chi connectivity index (χ1) is 22.9. The van der Waals surface area contributed by atoms with Crippen molar-refractivity contribution in [3.8, 4) is 11.5 Å². The lowest BCUT2D eigenvalue weighted by Gasteiger charge is -2.50. The Kier molecular flexibility index (Phi) is 9.03. The number of likely N-dealkylation sites (tertiary alicyclic amines) is 2. The van der Waals surface area contributed by atoms with Gasteiger partial charge in [0.25, 0.3) is 0 Å². The van der Waals surface area contributed by atoms with E-state index in [1.165, 1.54) is 0 Å². The van der Waals surface area contributed by atoms with E-state index in [0.29, 0.717) is 35.5 Å². The van der Waals surface area contributed by atoms with Crippen LogP contribution in [-0.4, -0.2) is 84.4 Å². The van der Waals surface area contributed by atoms with Gasteiger partial charge in [-0.05, 0) is 110 Å². The van der Waals surface area contributed by atoms with Crippen molar-refractivity contribution >= 4 is 11.9 Å². The van der Waals surface area contributed by atoms with Crippen molar-refractivity contribution in [3.63, 3.8) is 0 Å². The lowest BCUT2D eigenvalue weighted by Crippen LogP contribution is -2.53. The van der Waals surface area contributed by atoms with Gasteiger partial charge >= 0.3 is 11.9 Å². The van der Waals surface area contributed by atoms with Crippen LogP contribution in [0.1, 0.15) is 63.5 Å². The normalized spacial score (nSPS) is 41.2. The molecule has 0 unspecified atom stereocenters. The Morgan fingerprint density at radius 1 is 0.583 bits per heavy atom. The quantitative estimate of drug-likeness (QED) is 0.379. The van der Waals surface area contributed by atoms with E-state index in [4.69, 9.17) is 9.47 Å². The molecule has 8 nitrogen and oxygen atoms in total. The second-order valence-corrected chi connectivity index (χ2v) is 16.5. The Bertz CT molecular complexity index is 1360. The number of hydrogen-bond acceptors (Lipinski definition) is 8. The molecule has 2 N–H and O–H groups in total. The fourth-order valence-corrected chi connectivity index (χ4v) is 11.0. The van der Waals surface area contributed by atoms with Crippen LogP contribution in [0.2, 0.25) is 0 Å². The molecule has 2 aromatic rings. The van der Waals surface area contributed by atoms with E-state index in [9.17, 15) is 19.8 Å². The van der Waals surface area contributed by atoms with Gasteiger partial charge in [-0.25, -0.2) is 0 Å². The van der Waals surface area contributed by atoms with Crippen molar-refractivity contribution in [2.24, 2.45) is 59.2 Å². The molecule has 0 aromatic heterocycles. The molecule has 0 bridgehead atoms. The number of aromatic hydroxyl groups is 2. The summed E-state index contributed by atoms with van der Waals surface area (Å²) < 4.78 is 13.0. The minimum absolute atomic E-state index is 0.134. The van der Waals surface area contributed by atoms with Crippen molar-refractivity contribution in [3.05, 3.63) is 59.7 Å². The smallest absolute Gasteiger partial charge is 0.310 e. The standard InChI is InChI=1S/C40H54N2O6/c1-21-17-41(5)19-31-23(3)33(15-29(21)31)47-39(45)37-35(25-7-11-27(43)12-8-25)38(36(37)26-9-13-28(44)14-10-26)40(46)48-34-16-30-22(2)18-42(6)20-32(30)24(34)4/h7-14,21-24,29-38,43-44H,15-20H2,1-6H3/t21-,22-,23-,24-,29-,30-,31-,32-,33+,34+,35?,36?,37?,38?/m0/s1. The average molecular weight is 659 g/mol. The Hall–Kier alpha value is -3.10. The highest BCUT2D eigenvalue weighted by atomic mass is 16.6. The van der Waals surface area contributed by atoms with Crippen molar-refractivity contribution in [2.45, 2.75) is 64.6 Å². The summed E-state index contributed by atoms with van der Waals surface area (Å²) in [4.78, 5) is 33.8. The first-order valence-electron chi connectivity index (χ1n) is 18.3. The van der Waals surface area contributed by atoms with Gasteiger partial charge in [0.2, 0.25) is 0 Å². The van der Waals surface area contributed by atoms with Gasteiger partial charge in [-0.1, -0.05) is 52.0 Å². The predicted molar refractivity (Wildman–Crippen MR) is 183 cm³/mol. The average Bonchev–Trinajstić information content (AvgIpc) is 3.50. The molecule has 0 spiro atoms. The van der Waals surface area contributed by atoms with E-state index in [1.807, 2.05) is 24.3 Å². The second-order valence-electron chi connectivity index (χ2n) is 16.5. The number of phenols is 2. The van der Waals surface area contributed by atoms with E-state index in [2.05, 4.69) is 51.6 Å². The molecule has 2 aliphatic heterocycles. The Morgan fingerprint density at radius 3 is 1.29 bits per heavy atom. The number of ether oxygens (including phenoxy) is 2. The van der Waals surface area contributed by atoms with Gasteiger partial charge in [0, 0.05) is 38.0 Å². The zero-order chi connectivity index (χ0) is 34.0. The zero-order valence-electron chi connectivity index (χ0n) is 29.4. The number of carbonyl (C=O) groups excluding carboxylic acids is 2. The van der Waals surface area contributed by atoms with Crippen LogP contribution in [-0.2, 0) is 19.1 Å². The molecular weight excluding hydrogens is 604 g/mol. The van der Waals surface area contributed by atoms with Crippen LogP contribution in [0.15, 0.2) is 48.5 Å². The van der Waals surface area contributed by atoms with Crippen molar-refractivity contribution in [2.75, 3.05) is 40.3 Å². The summed E-state index contributed by atoms with van der Waals surface area (Å²) in [5, 5.41) is 20.3.